The molecule has 1 amide bonds. The van der Waals surface area contributed by atoms with Gasteiger partial charge in [-0.25, -0.2) is 0 Å². The van der Waals surface area contributed by atoms with Gasteiger partial charge in [0.1, 0.15) is 0 Å². The van der Waals surface area contributed by atoms with Crippen LogP contribution in [-0.4, -0.2) is 54.4 Å². The van der Waals surface area contributed by atoms with Gasteiger partial charge in [0.05, 0.1) is 6.54 Å². The van der Waals surface area contributed by atoms with E-state index in [1.165, 1.54) is 36.1 Å². The lowest BCUT2D eigenvalue weighted by atomic mass is 9.82. The van der Waals surface area contributed by atoms with Crippen molar-refractivity contribution >= 4 is 23.2 Å². The second-order valence-corrected chi connectivity index (χ2v) is 9.13. The average molecular weight is 389 g/mol. The molecule has 1 N–H and O–H groups in total. The summed E-state index contributed by atoms with van der Waals surface area (Å²) in [5, 5.41) is 5.59. The fraction of sp³-hybridized carbons (Fsp3) is 0.714. The Morgan fingerprint density at radius 2 is 2.04 bits per heavy atom. The van der Waals surface area contributed by atoms with Crippen molar-refractivity contribution in [3.8, 4) is 0 Å². The largest absolute Gasteiger partial charge is 0.357 e. The van der Waals surface area contributed by atoms with Gasteiger partial charge in [-0.05, 0) is 55.0 Å². The summed E-state index contributed by atoms with van der Waals surface area (Å²) in [6.45, 7) is 7.49. The number of hydrogen-bond donors (Lipinski definition) is 1. The second-order valence-electron chi connectivity index (χ2n) is 8.13. The van der Waals surface area contributed by atoms with Crippen molar-refractivity contribution in [3.63, 3.8) is 0 Å². The van der Waals surface area contributed by atoms with Crippen LogP contribution in [0.2, 0.25) is 0 Å². The summed E-state index contributed by atoms with van der Waals surface area (Å²) in [6.07, 6.45) is 7.03. The van der Waals surface area contributed by atoms with E-state index in [2.05, 4.69) is 28.6 Å². The molecular formula is C21H32N4OS. The molecule has 2 atom stereocenters. The number of nitrogens with one attached hydrogen (secondary N) is 1. The fourth-order valence-corrected chi connectivity index (χ4v) is 5.77. The minimum atomic E-state index is 0.238. The van der Waals surface area contributed by atoms with Crippen LogP contribution in [0.5, 0.6) is 0 Å². The number of rotatable bonds is 4. The van der Waals surface area contributed by atoms with E-state index >= 15 is 0 Å². The highest BCUT2D eigenvalue weighted by atomic mass is 32.1. The molecular weight excluding hydrogens is 356 g/mol. The van der Waals surface area contributed by atoms with Gasteiger partial charge in [0.15, 0.2) is 5.96 Å². The molecule has 27 heavy (non-hydrogen) atoms. The maximum absolute atomic E-state index is 12.6. The topological polar surface area (TPSA) is 47.9 Å². The zero-order valence-electron chi connectivity index (χ0n) is 16.5. The van der Waals surface area contributed by atoms with E-state index in [1.54, 1.807) is 0 Å². The Morgan fingerprint density at radius 1 is 1.26 bits per heavy atom. The number of likely N-dealkylation sites (tertiary alicyclic amines) is 1. The van der Waals surface area contributed by atoms with E-state index in [9.17, 15) is 4.79 Å². The van der Waals surface area contributed by atoms with Gasteiger partial charge < -0.3 is 15.1 Å². The van der Waals surface area contributed by atoms with Crippen LogP contribution in [0.1, 0.15) is 49.5 Å². The first-order valence-corrected chi connectivity index (χ1v) is 11.5. The van der Waals surface area contributed by atoms with Crippen molar-refractivity contribution in [3.05, 3.63) is 21.9 Å². The third kappa shape index (κ3) is 4.31. The molecule has 0 radical (unpaired) electrons. The van der Waals surface area contributed by atoms with E-state index in [4.69, 9.17) is 4.99 Å². The summed E-state index contributed by atoms with van der Waals surface area (Å²) in [5.41, 5.74) is 1.33. The van der Waals surface area contributed by atoms with E-state index in [1.807, 2.05) is 16.2 Å². The predicted octanol–water partition coefficient (Wildman–Crippen LogP) is 3.11. The molecule has 2 fully saturated rings. The standard InChI is InChI=1S/C21H32N4OS/c1-2-22-21(25-13-16-5-3-4-6-17(16)14-25)23-10-7-20(26)24-11-8-19-18(15-24)9-12-27-19/h9,12,16-17H,2-8,10-11,13-15H2,1H3,(H,22,23). The highest BCUT2D eigenvalue weighted by Gasteiger charge is 2.35. The summed E-state index contributed by atoms with van der Waals surface area (Å²) in [4.78, 5) is 23.3. The predicted molar refractivity (Wildman–Crippen MR) is 111 cm³/mol. The van der Waals surface area contributed by atoms with Crippen LogP contribution >= 0.6 is 11.3 Å². The first-order valence-electron chi connectivity index (χ1n) is 10.6. The number of carbonyl (C=O) groups is 1. The first-order chi connectivity index (χ1) is 13.2. The van der Waals surface area contributed by atoms with Gasteiger partial charge in [-0.1, -0.05) is 12.8 Å². The quantitative estimate of drug-likeness (QED) is 0.637. The van der Waals surface area contributed by atoms with Crippen LogP contribution in [0, 0.1) is 11.8 Å². The van der Waals surface area contributed by atoms with Gasteiger partial charge in [-0.2, -0.15) is 0 Å². The third-order valence-electron chi connectivity index (χ3n) is 6.36. The third-order valence-corrected chi connectivity index (χ3v) is 7.38. The SMILES string of the molecule is CCNC(=NCCC(=O)N1CCc2sccc2C1)N1CC2CCCCC2C1. The Hall–Kier alpha value is -1.56. The van der Waals surface area contributed by atoms with Gasteiger partial charge in [0.25, 0.3) is 0 Å². The minimum Gasteiger partial charge on any atom is -0.357 e. The molecule has 1 aromatic rings. The molecule has 1 aliphatic carbocycles. The summed E-state index contributed by atoms with van der Waals surface area (Å²) in [7, 11) is 0. The monoisotopic (exact) mass is 388 g/mol. The molecule has 1 aromatic heterocycles. The Morgan fingerprint density at radius 3 is 2.78 bits per heavy atom. The number of nitrogens with zero attached hydrogens (tertiary/aromatic N) is 3. The minimum absolute atomic E-state index is 0.238. The smallest absolute Gasteiger partial charge is 0.224 e. The van der Waals surface area contributed by atoms with E-state index in [0.29, 0.717) is 13.0 Å². The lowest BCUT2D eigenvalue weighted by molar-refractivity contribution is -0.131. The molecule has 2 aliphatic heterocycles. The van der Waals surface area contributed by atoms with E-state index in [-0.39, 0.29) is 5.91 Å². The molecule has 148 valence electrons. The van der Waals surface area contributed by atoms with Crippen molar-refractivity contribution in [2.75, 3.05) is 32.7 Å². The Balaban J connectivity index is 1.31. The van der Waals surface area contributed by atoms with Gasteiger partial charge in [0, 0.05) is 44.0 Å². The van der Waals surface area contributed by atoms with Gasteiger partial charge >= 0.3 is 0 Å². The number of hydrogen-bond acceptors (Lipinski definition) is 3. The molecule has 0 spiro atoms. The number of guanidine groups is 1. The number of fused-ring (bicyclic) bond motifs is 2. The molecule has 3 heterocycles. The maximum atomic E-state index is 12.6. The zero-order chi connectivity index (χ0) is 18.6. The summed E-state index contributed by atoms with van der Waals surface area (Å²) in [6, 6.07) is 2.16. The van der Waals surface area contributed by atoms with E-state index in [0.717, 1.165) is 56.9 Å². The highest BCUT2D eigenvalue weighted by molar-refractivity contribution is 7.10. The number of carbonyl (C=O) groups excluding carboxylic acids is 1. The second kappa shape index (κ2) is 8.63. The first kappa shape index (κ1) is 18.8. The molecule has 1 saturated carbocycles. The molecule has 1 saturated heterocycles. The van der Waals surface area contributed by atoms with Crippen LogP contribution < -0.4 is 5.32 Å². The van der Waals surface area contributed by atoms with Crippen LogP contribution in [-0.2, 0) is 17.8 Å². The van der Waals surface area contributed by atoms with Crippen LogP contribution in [0.15, 0.2) is 16.4 Å². The van der Waals surface area contributed by atoms with Gasteiger partial charge in [-0.15, -0.1) is 11.3 Å². The number of thiophene rings is 1. The number of aliphatic imine (C=N–C) groups is 1. The summed E-state index contributed by atoms with van der Waals surface area (Å²) >= 11 is 1.82. The molecule has 0 bridgehead atoms. The zero-order valence-corrected chi connectivity index (χ0v) is 17.3. The van der Waals surface area contributed by atoms with Crippen LogP contribution in [0.25, 0.3) is 0 Å². The van der Waals surface area contributed by atoms with Crippen LogP contribution in [0.4, 0.5) is 0 Å². The van der Waals surface area contributed by atoms with Crippen molar-refractivity contribution in [1.29, 1.82) is 0 Å². The van der Waals surface area contributed by atoms with Crippen molar-refractivity contribution in [2.45, 2.75) is 52.0 Å². The molecule has 6 heteroatoms. The maximum Gasteiger partial charge on any atom is 0.224 e. The van der Waals surface area contributed by atoms with Gasteiger partial charge in [-0.3, -0.25) is 9.79 Å². The fourth-order valence-electron chi connectivity index (χ4n) is 4.88. The Bertz CT molecular complexity index is 671. The summed E-state index contributed by atoms with van der Waals surface area (Å²) < 4.78 is 0. The molecule has 0 aromatic carbocycles. The average Bonchev–Trinajstić information content (AvgIpc) is 3.33. The molecule has 4 rings (SSSR count). The Kier molecular flexibility index (Phi) is 6.01. The molecule has 2 unspecified atom stereocenters. The van der Waals surface area contributed by atoms with Crippen molar-refractivity contribution in [1.82, 2.24) is 15.1 Å². The lowest BCUT2D eigenvalue weighted by Gasteiger charge is -2.27. The Labute approximate surface area is 166 Å². The molecule has 5 nitrogen and oxygen atoms in total. The highest BCUT2D eigenvalue weighted by Crippen LogP contribution is 2.36. The van der Waals surface area contributed by atoms with Gasteiger partial charge in [0.2, 0.25) is 5.91 Å². The normalized spacial score (nSPS) is 25.3. The van der Waals surface area contributed by atoms with E-state index < -0.39 is 0 Å². The van der Waals surface area contributed by atoms with Crippen molar-refractivity contribution in [2.24, 2.45) is 16.8 Å². The summed E-state index contributed by atoms with van der Waals surface area (Å²) in [5.74, 6) is 2.94. The number of amides is 1. The lowest BCUT2D eigenvalue weighted by Crippen LogP contribution is -2.40. The van der Waals surface area contributed by atoms with Crippen LogP contribution in [0.3, 0.4) is 0 Å². The van der Waals surface area contributed by atoms with Crippen molar-refractivity contribution < 1.29 is 4.79 Å². The molecule has 3 aliphatic rings.